The number of H-pyrrole nitrogens is 3. The molecule has 0 saturated carbocycles. The Morgan fingerprint density at radius 3 is 1.25 bits per heavy atom. The highest BCUT2D eigenvalue weighted by Gasteiger charge is 2.39. The highest BCUT2D eigenvalue weighted by atomic mass is 35.5. The maximum atomic E-state index is 13.5. The summed E-state index contributed by atoms with van der Waals surface area (Å²) < 4.78 is 38.6. The van der Waals surface area contributed by atoms with Crippen molar-refractivity contribution < 1.29 is 52.0 Å². The zero-order chi connectivity index (χ0) is 75.1. The third-order valence-electron chi connectivity index (χ3n) is 19.8. The molecule has 109 heavy (non-hydrogen) atoms. The summed E-state index contributed by atoms with van der Waals surface area (Å²) in [5, 5.41) is 12.8. The highest BCUT2D eigenvalue weighted by Crippen LogP contribution is 2.44. The van der Waals surface area contributed by atoms with Gasteiger partial charge in [0.25, 0.3) is 5.91 Å². The van der Waals surface area contributed by atoms with Crippen LogP contribution in [-0.2, 0) is 28.7 Å². The summed E-state index contributed by atoms with van der Waals surface area (Å²) in [7, 11) is 1.64. The number of carbonyl (C=O) groups is 4. The Labute approximate surface area is 652 Å². The van der Waals surface area contributed by atoms with Gasteiger partial charge in [0.05, 0.1) is 12.9 Å². The molecule has 5 N–H and O–H groups in total. The number of furan rings is 1. The molecule has 4 aromatic heterocycles. The molecule has 13 aromatic rings. The third-order valence-corrected chi connectivity index (χ3v) is 21.0. The topological polar surface area (TPSA) is 218 Å². The van der Waals surface area contributed by atoms with Gasteiger partial charge in [-0.2, -0.15) is 0 Å². The minimum absolute atomic E-state index is 0.221. The molecule has 8 heterocycles. The largest absolute Gasteiger partial charge is 0.491 e. The van der Waals surface area contributed by atoms with Crippen LogP contribution in [-0.4, -0.2) is 113 Å². The summed E-state index contributed by atoms with van der Waals surface area (Å²) >= 11 is 30.9. The molecule has 0 radical (unpaired) electrons. The minimum Gasteiger partial charge on any atom is -0.491 e. The van der Waals surface area contributed by atoms with E-state index in [1.807, 2.05) is 109 Å². The lowest BCUT2D eigenvalue weighted by atomic mass is 9.92. The van der Waals surface area contributed by atoms with Gasteiger partial charge in [-0.15, -0.1) is 0 Å². The average molecular weight is 1560 g/mol. The number of anilines is 2. The van der Waals surface area contributed by atoms with Crippen LogP contribution < -0.4 is 29.6 Å². The second kappa shape index (κ2) is 33.3. The minimum atomic E-state index is -0.477. The Kier molecular flexibility index (Phi) is 22.5. The van der Waals surface area contributed by atoms with Crippen molar-refractivity contribution in [1.29, 1.82) is 0 Å². The lowest BCUT2D eigenvalue weighted by Crippen LogP contribution is -2.42. The van der Waals surface area contributed by atoms with Gasteiger partial charge in [0.2, 0.25) is 0 Å². The van der Waals surface area contributed by atoms with Gasteiger partial charge in [-0.1, -0.05) is 113 Å². The number of aromatic nitrogens is 3. The van der Waals surface area contributed by atoms with Gasteiger partial charge < -0.3 is 58.4 Å². The number of fused-ring (bicyclic) bond motifs is 9. The van der Waals surface area contributed by atoms with Gasteiger partial charge in [-0.05, 0) is 229 Å². The first-order valence-electron chi connectivity index (χ1n) is 35.7. The van der Waals surface area contributed by atoms with Crippen molar-refractivity contribution in [2.75, 3.05) is 63.8 Å². The Morgan fingerprint density at radius 2 is 0.835 bits per heavy atom. The van der Waals surface area contributed by atoms with Gasteiger partial charge in [-0.25, -0.2) is 14.4 Å². The van der Waals surface area contributed by atoms with E-state index in [4.69, 9.17) is 90.8 Å². The Bertz CT molecular complexity index is 5390. The van der Waals surface area contributed by atoms with Gasteiger partial charge in [-0.3, -0.25) is 19.5 Å². The average Bonchev–Trinajstić information content (AvgIpc) is 1.65. The van der Waals surface area contributed by atoms with Gasteiger partial charge >= 0.3 is 18.3 Å². The molecule has 0 aliphatic carbocycles. The second-order valence-corrected chi connectivity index (χ2v) is 28.8. The summed E-state index contributed by atoms with van der Waals surface area (Å²) in [6, 6.07) is 66.1. The van der Waals surface area contributed by atoms with Crippen LogP contribution in [0.4, 0.5) is 25.8 Å². The number of para-hydroxylation sites is 1. The zero-order valence-electron chi connectivity index (χ0n) is 58.9. The van der Waals surface area contributed by atoms with Crippen LogP contribution in [0.25, 0.3) is 32.7 Å². The number of aromatic amines is 3. The van der Waals surface area contributed by atoms with Crippen LogP contribution in [0.2, 0.25) is 25.1 Å². The van der Waals surface area contributed by atoms with E-state index in [1.165, 1.54) is 17.4 Å². The molecule has 4 aliphatic heterocycles. The molecule has 3 unspecified atom stereocenters. The van der Waals surface area contributed by atoms with E-state index in [0.717, 1.165) is 110 Å². The number of benzene rings is 9. The first-order chi connectivity index (χ1) is 53.1. The van der Waals surface area contributed by atoms with Crippen LogP contribution in [0, 0.1) is 0 Å². The number of amides is 4. The molecule has 17 rings (SSSR count). The van der Waals surface area contributed by atoms with E-state index in [1.54, 1.807) is 107 Å². The van der Waals surface area contributed by atoms with E-state index in [2.05, 4.69) is 49.9 Å². The van der Waals surface area contributed by atoms with E-state index >= 15 is 0 Å². The summed E-state index contributed by atoms with van der Waals surface area (Å²) in [5.41, 5.74) is 13.8. The molecule has 0 spiro atoms. The molecule has 4 amide bonds. The fraction of sp³-hybridized carbons (Fsp3) is 0.200. The van der Waals surface area contributed by atoms with Gasteiger partial charge in [0, 0.05) is 132 Å². The molecule has 0 bridgehead atoms. The van der Waals surface area contributed by atoms with E-state index in [9.17, 15) is 19.2 Å². The first-order valence-corrected chi connectivity index (χ1v) is 37.6. The number of hydrogen-bond acceptors (Lipinski definition) is 12. The summed E-state index contributed by atoms with van der Waals surface area (Å²) in [5.74, 6) is 2.00. The smallest absolute Gasteiger partial charge is 0.416 e. The Balaban J connectivity index is 0.000000130. The van der Waals surface area contributed by atoms with Crippen LogP contribution in [0.3, 0.4) is 0 Å². The predicted molar refractivity (Wildman–Crippen MR) is 425 cm³/mol. The van der Waals surface area contributed by atoms with Crippen molar-refractivity contribution in [1.82, 2.24) is 29.7 Å². The van der Waals surface area contributed by atoms with Crippen LogP contribution in [0.5, 0.6) is 23.0 Å². The van der Waals surface area contributed by atoms with Crippen molar-refractivity contribution in [2.45, 2.75) is 56.3 Å². The third kappa shape index (κ3) is 16.7. The van der Waals surface area contributed by atoms with Crippen LogP contribution in [0.15, 0.2) is 229 Å². The summed E-state index contributed by atoms with van der Waals surface area (Å²) in [6.07, 6.45) is 4.21. The monoisotopic (exact) mass is 1560 g/mol. The van der Waals surface area contributed by atoms with E-state index in [-0.39, 0.29) is 29.8 Å². The number of halogens is 5. The lowest BCUT2D eigenvalue weighted by Gasteiger charge is -2.35. The fourth-order valence-electron chi connectivity index (χ4n) is 14.6. The maximum absolute atomic E-state index is 13.5. The normalized spacial score (nSPS) is 16.0. The number of rotatable bonds is 14. The molecule has 9 aromatic carbocycles. The van der Waals surface area contributed by atoms with Crippen molar-refractivity contribution in [3.8, 4) is 23.0 Å². The summed E-state index contributed by atoms with van der Waals surface area (Å²) in [4.78, 5) is 68.5. The van der Waals surface area contributed by atoms with E-state index < -0.39 is 18.2 Å². The number of nitrogens with zero attached hydrogens (tertiary/aromatic N) is 3. The van der Waals surface area contributed by atoms with Crippen molar-refractivity contribution >= 4 is 126 Å². The number of ether oxygens (including phenoxy) is 6. The van der Waals surface area contributed by atoms with Gasteiger partial charge in [0.15, 0.2) is 5.76 Å². The van der Waals surface area contributed by atoms with Crippen molar-refractivity contribution in [3.05, 3.63) is 306 Å². The quantitative estimate of drug-likeness (QED) is 0.0643. The SMILES string of the molecule is COCCOc1ccc(C2c3[nH]c4ccc(Cl)cc4c3CCN2C(=O)Oc2ccccc2)cc1.O=C(Nc1ccc(C2c3[nH]c4ccc(Cl)cc4c3CCN2C(=O)Oc2ccc(Cl)cc2)cc1)c1ccco1.O=C(Oc1ccc(Cl)cc1)N1CCc2c([nH]c3ccc(Cl)cc23)C1c1ccc(NC2CCOCC2)cc1. The Morgan fingerprint density at radius 1 is 0.440 bits per heavy atom. The molecular formula is C85H73Cl5N8O11. The first kappa shape index (κ1) is 73.6. The second-order valence-electron chi connectivity index (χ2n) is 26.6. The molecule has 19 nitrogen and oxygen atoms in total. The highest BCUT2D eigenvalue weighted by molar-refractivity contribution is 6.32. The molecule has 24 heteroatoms. The van der Waals surface area contributed by atoms with E-state index in [0.29, 0.717) is 106 Å². The number of hydrogen-bond donors (Lipinski definition) is 5. The number of nitrogens with one attached hydrogen (secondary N) is 5. The van der Waals surface area contributed by atoms with Crippen molar-refractivity contribution in [3.63, 3.8) is 0 Å². The van der Waals surface area contributed by atoms with Crippen LogP contribution >= 0.6 is 58.0 Å². The molecule has 3 atom stereocenters. The Hall–Kier alpha value is -10.9. The molecular weight excluding hydrogens is 1490 g/mol. The van der Waals surface area contributed by atoms with Gasteiger partial charge in [0.1, 0.15) is 47.7 Å². The predicted octanol–water partition coefficient (Wildman–Crippen LogP) is 20.7. The number of methoxy groups -OCH3 is 1. The standard InChI is InChI=1S/C29H21Cl2N3O4.C29H27Cl2N3O3.C27H25ClN2O4/c30-18-5-10-21(11-6-18)38-29(36)34-14-13-22-23-16-19(31)7-12-24(23)33-26(22)27(34)17-3-8-20(9-4-17)32-28(35)25-2-1-15-37-25;30-19-3-8-23(9-4-19)37-29(35)34-14-11-24-25-17-20(31)5-10-26(25)33-27(24)28(34)18-1-6-21(7-2-18)32-22-12-15-36-16-13-22;1-32-15-16-33-20-10-7-18(8-11-20)26-25-22(23-17-19(28)9-12-24(23)29-25)13-14-30(26)27(31)34-21-5-3-2-4-6-21/h1-12,15-16,27,33H,13-14H2,(H,32,35);1-10,17,22,28,32-33H,11-16H2;2-12,17,26,29H,13-16H2,1H3. The molecule has 1 saturated heterocycles. The van der Waals surface area contributed by atoms with Crippen molar-refractivity contribution in [2.24, 2.45) is 0 Å². The fourth-order valence-corrected chi connectivity index (χ4v) is 15.3. The van der Waals surface area contributed by atoms with Crippen LogP contribution in [0.1, 0.15) is 92.0 Å². The molecule has 1 fully saturated rings. The summed E-state index contributed by atoms with van der Waals surface area (Å²) in [6.45, 7) is 4.05. The molecule has 4 aliphatic rings. The zero-order valence-corrected chi connectivity index (χ0v) is 62.7. The number of carbonyl (C=O) groups excluding carboxylic acids is 4. The maximum Gasteiger partial charge on any atom is 0.416 e. The lowest BCUT2D eigenvalue weighted by molar-refractivity contribution is 0.0904. The molecule has 554 valence electrons.